The van der Waals surface area contributed by atoms with Gasteiger partial charge in [-0.1, -0.05) is 22.9 Å². The summed E-state index contributed by atoms with van der Waals surface area (Å²) in [6.07, 6.45) is 0.729. The van der Waals surface area contributed by atoms with Crippen molar-refractivity contribution in [3.63, 3.8) is 0 Å². The molecule has 1 aromatic rings. The summed E-state index contributed by atoms with van der Waals surface area (Å²) in [4.78, 5) is 11.5. The zero-order chi connectivity index (χ0) is 12.8. The van der Waals surface area contributed by atoms with E-state index in [9.17, 15) is 4.79 Å². The molecule has 0 saturated heterocycles. The highest BCUT2D eigenvalue weighted by Gasteiger charge is 2.13. The first kappa shape index (κ1) is 13.8. The van der Waals surface area contributed by atoms with Gasteiger partial charge in [0, 0.05) is 23.9 Å². The van der Waals surface area contributed by atoms with Gasteiger partial charge in [-0.3, -0.25) is 4.79 Å². The van der Waals surface area contributed by atoms with Gasteiger partial charge in [0.05, 0.1) is 19.0 Å². The Balaban J connectivity index is 2.86. The molecule has 0 saturated carbocycles. The van der Waals surface area contributed by atoms with Crippen molar-refractivity contribution in [3.8, 4) is 11.5 Å². The molecule has 0 unspecified atom stereocenters. The van der Waals surface area contributed by atoms with Crippen molar-refractivity contribution < 1.29 is 14.3 Å². The number of methoxy groups -OCH3 is 2. The Kier molecular flexibility index (Phi) is 5.28. The van der Waals surface area contributed by atoms with Gasteiger partial charge in [-0.15, -0.1) is 0 Å². The fraction of sp³-hybridized carbons (Fsp3) is 0.417. The Bertz CT molecular complexity index is 373. The highest BCUT2D eigenvalue weighted by atomic mass is 79.9. The number of amides is 1. The molecule has 4 nitrogen and oxygen atoms in total. The predicted molar refractivity (Wildman–Crippen MR) is 71.2 cm³/mol. The first-order valence-corrected chi connectivity index (χ1v) is 6.20. The van der Waals surface area contributed by atoms with Crippen LogP contribution in [0.25, 0.3) is 0 Å². The molecule has 1 N–H and O–H groups in total. The smallest absolute Gasteiger partial charge is 0.238 e. The van der Waals surface area contributed by atoms with Crippen molar-refractivity contribution in [2.45, 2.75) is 18.2 Å². The lowest BCUT2D eigenvalue weighted by molar-refractivity contribution is -0.115. The lowest BCUT2D eigenvalue weighted by atomic mass is 10.2. The fourth-order valence-corrected chi connectivity index (χ4v) is 1.40. The number of benzene rings is 1. The molecule has 0 aromatic heterocycles. The van der Waals surface area contributed by atoms with Gasteiger partial charge < -0.3 is 14.8 Å². The standard InChI is InChI=1S/C12H16BrNO3/c1-4-11(13)12(15)14-8-5-9(16-2)7-10(6-8)17-3/h5-7,11H,4H2,1-3H3,(H,14,15)/t11-/m1/s1. The highest BCUT2D eigenvalue weighted by molar-refractivity contribution is 9.10. The number of hydrogen-bond donors (Lipinski definition) is 1. The molecule has 0 fully saturated rings. The van der Waals surface area contributed by atoms with Crippen LogP contribution in [0.2, 0.25) is 0 Å². The molecule has 5 heteroatoms. The maximum atomic E-state index is 11.7. The lowest BCUT2D eigenvalue weighted by Crippen LogP contribution is -2.21. The molecule has 0 bridgehead atoms. The number of rotatable bonds is 5. The second kappa shape index (κ2) is 6.49. The molecule has 0 radical (unpaired) electrons. The minimum atomic E-state index is -0.195. The van der Waals surface area contributed by atoms with Crippen molar-refractivity contribution in [2.24, 2.45) is 0 Å². The first-order chi connectivity index (χ1) is 8.10. The van der Waals surface area contributed by atoms with Crippen LogP contribution in [-0.4, -0.2) is 25.0 Å². The number of ether oxygens (including phenoxy) is 2. The van der Waals surface area contributed by atoms with Crippen molar-refractivity contribution in [1.82, 2.24) is 0 Å². The zero-order valence-corrected chi connectivity index (χ0v) is 11.7. The van der Waals surface area contributed by atoms with Gasteiger partial charge in [-0.25, -0.2) is 0 Å². The summed E-state index contributed by atoms with van der Waals surface area (Å²) in [5, 5.41) is 2.80. The quantitative estimate of drug-likeness (QED) is 0.851. The zero-order valence-electron chi connectivity index (χ0n) is 10.1. The molecule has 0 aliphatic carbocycles. The Morgan fingerprint density at radius 2 is 1.82 bits per heavy atom. The van der Waals surface area contributed by atoms with E-state index in [0.717, 1.165) is 6.42 Å². The predicted octanol–water partition coefficient (Wildman–Crippen LogP) is 2.82. The number of hydrogen-bond acceptors (Lipinski definition) is 3. The van der Waals surface area contributed by atoms with Gasteiger partial charge in [0.15, 0.2) is 0 Å². The van der Waals surface area contributed by atoms with Crippen LogP contribution in [-0.2, 0) is 4.79 Å². The van der Waals surface area contributed by atoms with Gasteiger partial charge in [-0.2, -0.15) is 0 Å². The molecule has 0 heterocycles. The molecule has 0 aliphatic rings. The van der Waals surface area contributed by atoms with E-state index >= 15 is 0 Å². The Labute approximate surface area is 109 Å². The lowest BCUT2D eigenvalue weighted by Gasteiger charge is -2.11. The highest BCUT2D eigenvalue weighted by Crippen LogP contribution is 2.26. The number of anilines is 1. The minimum Gasteiger partial charge on any atom is -0.497 e. The van der Waals surface area contributed by atoms with Crippen molar-refractivity contribution in [1.29, 1.82) is 0 Å². The summed E-state index contributed by atoms with van der Waals surface area (Å²) >= 11 is 3.30. The normalized spacial score (nSPS) is 11.8. The molecule has 1 rings (SSSR count). The molecule has 1 aromatic carbocycles. The Hall–Kier alpha value is -1.23. The molecular weight excluding hydrogens is 286 g/mol. The minimum absolute atomic E-state index is 0.0807. The van der Waals surface area contributed by atoms with Gasteiger partial charge in [0.25, 0.3) is 0 Å². The SMILES string of the molecule is CC[C@@H](Br)C(=O)Nc1cc(OC)cc(OC)c1. The van der Waals surface area contributed by atoms with Crippen LogP contribution in [0.1, 0.15) is 13.3 Å². The van der Waals surface area contributed by atoms with Crippen LogP contribution in [0.3, 0.4) is 0 Å². The molecular formula is C12H16BrNO3. The van der Waals surface area contributed by atoms with Crippen LogP contribution >= 0.6 is 15.9 Å². The third-order valence-corrected chi connectivity index (χ3v) is 3.33. The molecule has 1 atom stereocenters. The van der Waals surface area contributed by atoms with E-state index in [0.29, 0.717) is 17.2 Å². The number of alkyl halides is 1. The topological polar surface area (TPSA) is 47.6 Å². The van der Waals surface area contributed by atoms with Gasteiger partial charge in [-0.05, 0) is 6.42 Å². The van der Waals surface area contributed by atoms with Crippen LogP contribution in [0.5, 0.6) is 11.5 Å². The molecule has 94 valence electrons. The van der Waals surface area contributed by atoms with Crippen LogP contribution in [0.4, 0.5) is 5.69 Å². The molecule has 0 aliphatic heterocycles. The van der Waals surface area contributed by atoms with Crippen LogP contribution in [0, 0.1) is 0 Å². The van der Waals surface area contributed by atoms with Crippen molar-refractivity contribution in [2.75, 3.05) is 19.5 Å². The summed E-state index contributed by atoms with van der Waals surface area (Å²) in [6, 6.07) is 5.24. The monoisotopic (exact) mass is 301 g/mol. The van der Waals surface area contributed by atoms with Gasteiger partial charge in [0.1, 0.15) is 11.5 Å². The summed E-state index contributed by atoms with van der Waals surface area (Å²) < 4.78 is 10.2. The van der Waals surface area contributed by atoms with E-state index in [2.05, 4.69) is 21.2 Å². The van der Waals surface area contributed by atoms with Crippen molar-refractivity contribution >= 4 is 27.5 Å². The Morgan fingerprint density at radius 3 is 2.24 bits per heavy atom. The largest absolute Gasteiger partial charge is 0.497 e. The first-order valence-electron chi connectivity index (χ1n) is 5.28. The van der Waals surface area contributed by atoms with E-state index in [4.69, 9.17) is 9.47 Å². The Morgan fingerprint density at radius 1 is 1.29 bits per heavy atom. The molecule has 0 spiro atoms. The fourth-order valence-electron chi connectivity index (χ4n) is 1.29. The average molecular weight is 302 g/mol. The molecule has 17 heavy (non-hydrogen) atoms. The number of carbonyl (C=O) groups excluding carboxylic acids is 1. The second-order valence-electron chi connectivity index (χ2n) is 3.47. The van der Waals surface area contributed by atoms with E-state index < -0.39 is 0 Å². The second-order valence-corrected chi connectivity index (χ2v) is 4.57. The van der Waals surface area contributed by atoms with Crippen molar-refractivity contribution in [3.05, 3.63) is 18.2 Å². The maximum Gasteiger partial charge on any atom is 0.238 e. The number of carbonyl (C=O) groups is 1. The average Bonchev–Trinajstić information content (AvgIpc) is 2.36. The van der Waals surface area contributed by atoms with Gasteiger partial charge in [0.2, 0.25) is 5.91 Å². The number of nitrogens with one attached hydrogen (secondary N) is 1. The number of halogens is 1. The van der Waals surface area contributed by atoms with Crippen LogP contribution in [0.15, 0.2) is 18.2 Å². The summed E-state index contributed by atoms with van der Waals surface area (Å²) in [5.41, 5.74) is 0.657. The molecule has 1 amide bonds. The van der Waals surface area contributed by atoms with Crippen LogP contribution < -0.4 is 14.8 Å². The summed E-state index contributed by atoms with van der Waals surface area (Å²) in [5.74, 6) is 1.20. The van der Waals surface area contributed by atoms with Gasteiger partial charge >= 0.3 is 0 Å². The third kappa shape index (κ3) is 3.93. The van der Waals surface area contributed by atoms with E-state index in [1.807, 2.05) is 6.92 Å². The van der Waals surface area contributed by atoms with E-state index in [1.165, 1.54) is 0 Å². The van der Waals surface area contributed by atoms with E-state index in [1.54, 1.807) is 32.4 Å². The summed E-state index contributed by atoms with van der Waals surface area (Å²) in [6.45, 7) is 1.94. The maximum absolute atomic E-state index is 11.7. The van der Waals surface area contributed by atoms with E-state index in [-0.39, 0.29) is 10.7 Å². The summed E-state index contributed by atoms with van der Waals surface area (Å²) in [7, 11) is 3.14. The third-order valence-electron chi connectivity index (χ3n) is 2.26.